The largest absolute Gasteiger partial charge is 0.389 e. The average molecular weight is 263 g/mol. The molecule has 102 valence electrons. The first-order valence-electron chi connectivity index (χ1n) is 6.13. The third kappa shape index (κ3) is 3.45. The van der Waals surface area contributed by atoms with Gasteiger partial charge in [-0.25, -0.2) is 10.2 Å². The van der Waals surface area contributed by atoms with Crippen LogP contribution in [0.25, 0.3) is 0 Å². The highest BCUT2D eigenvalue weighted by Gasteiger charge is 2.29. The third-order valence-corrected chi connectivity index (χ3v) is 3.07. The zero-order chi connectivity index (χ0) is 13.8. The van der Waals surface area contributed by atoms with Gasteiger partial charge in [-0.3, -0.25) is 9.80 Å². The summed E-state index contributed by atoms with van der Waals surface area (Å²) in [5.74, 6) is -0.311. The topological polar surface area (TPSA) is 81.7 Å². The number of aliphatic hydroxyl groups is 1. The third-order valence-electron chi connectivity index (χ3n) is 3.07. The average Bonchev–Trinajstić information content (AvgIpc) is 2.51. The molecule has 1 aliphatic heterocycles. The van der Waals surface area contributed by atoms with Gasteiger partial charge in [0.2, 0.25) is 5.91 Å². The number of carbonyl (C=O) groups excluding carboxylic acids is 2. The Balaban J connectivity index is 2.08. The summed E-state index contributed by atoms with van der Waals surface area (Å²) in [5, 5.41) is 13.9. The molecule has 2 atom stereocenters. The minimum absolute atomic E-state index is 0.0750. The van der Waals surface area contributed by atoms with Crippen LogP contribution in [-0.2, 0) is 11.2 Å². The van der Waals surface area contributed by atoms with Gasteiger partial charge >= 0.3 is 6.03 Å². The summed E-state index contributed by atoms with van der Waals surface area (Å²) in [4.78, 5) is 22.9. The maximum Gasteiger partial charge on any atom is 0.333 e. The van der Waals surface area contributed by atoms with Crippen LogP contribution >= 0.6 is 0 Å². The highest BCUT2D eigenvalue weighted by Crippen LogP contribution is 2.09. The fourth-order valence-corrected chi connectivity index (χ4v) is 2.04. The zero-order valence-corrected chi connectivity index (χ0v) is 10.7. The van der Waals surface area contributed by atoms with Crippen molar-refractivity contribution in [2.24, 2.45) is 0 Å². The number of hydrazine groups is 1. The first-order chi connectivity index (χ1) is 9.06. The van der Waals surface area contributed by atoms with Gasteiger partial charge in [-0.05, 0) is 12.0 Å². The lowest BCUT2D eigenvalue weighted by Crippen LogP contribution is -2.47. The van der Waals surface area contributed by atoms with E-state index < -0.39 is 18.2 Å². The molecular formula is C13H17N3O3. The molecule has 0 aliphatic carbocycles. The van der Waals surface area contributed by atoms with E-state index in [1.807, 2.05) is 30.3 Å². The normalized spacial score (nSPS) is 23.3. The van der Waals surface area contributed by atoms with E-state index in [1.165, 1.54) is 6.92 Å². The number of hydrogen-bond acceptors (Lipinski definition) is 3. The van der Waals surface area contributed by atoms with Crippen molar-refractivity contribution in [2.45, 2.75) is 25.5 Å². The number of amides is 3. The molecule has 6 nitrogen and oxygen atoms in total. The van der Waals surface area contributed by atoms with Crippen LogP contribution in [0.2, 0.25) is 0 Å². The number of β-amino-alcohol motifs (C(OH)–C–C–N with tert-alkyl or cyclic N) is 1. The predicted octanol–water partition coefficient (Wildman–Crippen LogP) is 0.0349. The molecule has 0 aromatic heterocycles. The van der Waals surface area contributed by atoms with Crippen molar-refractivity contribution in [3.63, 3.8) is 0 Å². The number of rotatable bonds is 2. The summed E-state index contributed by atoms with van der Waals surface area (Å²) < 4.78 is 0. The molecular weight excluding hydrogens is 246 g/mol. The van der Waals surface area contributed by atoms with Gasteiger partial charge in [-0.15, -0.1) is 0 Å². The lowest BCUT2D eigenvalue weighted by atomic mass is 10.0. The summed E-state index contributed by atoms with van der Waals surface area (Å²) in [6.07, 6.45) is -0.302. The van der Waals surface area contributed by atoms with Crippen molar-refractivity contribution in [3.05, 3.63) is 35.9 Å². The van der Waals surface area contributed by atoms with Crippen LogP contribution in [0.1, 0.15) is 12.5 Å². The van der Waals surface area contributed by atoms with Crippen LogP contribution in [-0.4, -0.2) is 40.7 Å². The van der Waals surface area contributed by atoms with E-state index in [9.17, 15) is 14.7 Å². The highest BCUT2D eigenvalue weighted by molar-refractivity contribution is 5.80. The molecule has 1 aromatic carbocycles. The monoisotopic (exact) mass is 263 g/mol. The Hall–Kier alpha value is -2.08. The van der Waals surface area contributed by atoms with Crippen molar-refractivity contribution in [1.29, 1.82) is 0 Å². The van der Waals surface area contributed by atoms with Gasteiger partial charge in [0.1, 0.15) is 0 Å². The Bertz CT molecular complexity index is 463. The maximum atomic E-state index is 11.6. The molecule has 1 aromatic rings. The van der Waals surface area contributed by atoms with E-state index in [-0.39, 0.29) is 12.5 Å². The molecule has 1 heterocycles. The number of carbonyl (C=O) groups is 2. The van der Waals surface area contributed by atoms with E-state index in [4.69, 9.17) is 0 Å². The van der Waals surface area contributed by atoms with Crippen molar-refractivity contribution < 1.29 is 14.7 Å². The second-order valence-corrected chi connectivity index (χ2v) is 4.58. The number of nitrogens with zero attached hydrogens (tertiary/aromatic N) is 1. The van der Waals surface area contributed by atoms with Crippen LogP contribution in [0, 0.1) is 0 Å². The molecule has 0 saturated carbocycles. The lowest BCUT2D eigenvalue weighted by molar-refractivity contribution is -0.132. The molecule has 2 rings (SSSR count). The summed E-state index contributed by atoms with van der Waals surface area (Å²) in [6.45, 7) is 1.41. The standard InChI is InChI=1S/C13H17N3O3/c1-9(17)16-8-12(18)11(14-13(19)15-16)7-10-5-3-2-4-6-10/h2-6,11-12,18H,7-8H2,1H3,(H2,14,15,19). The van der Waals surface area contributed by atoms with E-state index in [0.717, 1.165) is 10.6 Å². The Morgan fingerprint density at radius 2 is 2.11 bits per heavy atom. The number of aliphatic hydroxyl groups excluding tert-OH is 1. The minimum Gasteiger partial charge on any atom is -0.389 e. The van der Waals surface area contributed by atoms with Crippen LogP contribution < -0.4 is 10.7 Å². The van der Waals surface area contributed by atoms with Crippen molar-refractivity contribution >= 4 is 11.9 Å². The second-order valence-electron chi connectivity index (χ2n) is 4.58. The van der Waals surface area contributed by atoms with Crippen LogP contribution in [0.5, 0.6) is 0 Å². The van der Waals surface area contributed by atoms with Crippen LogP contribution in [0.15, 0.2) is 30.3 Å². The van der Waals surface area contributed by atoms with Gasteiger partial charge in [0.25, 0.3) is 0 Å². The molecule has 6 heteroatoms. The zero-order valence-electron chi connectivity index (χ0n) is 10.7. The molecule has 0 spiro atoms. The van der Waals surface area contributed by atoms with Crippen molar-refractivity contribution in [3.8, 4) is 0 Å². The lowest BCUT2D eigenvalue weighted by Gasteiger charge is -2.22. The van der Waals surface area contributed by atoms with E-state index in [0.29, 0.717) is 6.42 Å². The van der Waals surface area contributed by atoms with Crippen LogP contribution in [0.4, 0.5) is 4.79 Å². The van der Waals surface area contributed by atoms with Gasteiger partial charge in [0.15, 0.2) is 0 Å². The Labute approximate surface area is 111 Å². The Morgan fingerprint density at radius 1 is 1.42 bits per heavy atom. The summed E-state index contributed by atoms with van der Waals surface area (Å²) in [5.41, 5.74) is 3.42. The summed E-state index contributed by atoms with van der Waals surface area (Å²) >= 11 is 0. The van der Waals surface area contributed by atoms with E-state index in [2.05, 4.69) is 10.7 Å². The van der Waals surface area contributed by atoms with Gasteiger partial charge in [0.05, 0.1) is 18.7 Å². The molecule has 19 heavy (non-hydrogen) atoms. The fraction of sp³-hybridized carbons (Fsp3) is 0.385. The first-order valence-corrected chi connectivity index (χ1v) is 6.13. The first kappa shape index (κ1) is 13.4. The molecule has 3 N–H and O–H groups in total. The summed E-state index contributed by atoms with van der Waals surface area (Å²) in [7, 11) is 0. The van der Waals surface area contributed by atoms with Crippen LogP contribution in [0.3, 0.4) is 0 Å². The Kier molecular flexibility index (Phi) is 4.01. The van der Waals surface area contributed by atoms with Crippen molar-refractivity contribution in [2.75, 3.05) is 6.54 Å². The highest BCUT2D eigenvalue weighted by atomic mass is 16.3. The quantitative estimate of drug-likeness (QED) is 0.704. The SMILES string of the molecule is CC(=O)N1CC(O)C(Cc2ccccc2)NC(=O)N1. The molecule has 1 aliphatic rings. The number of benzene rings is 1. The van der Waals surface area contributed by atoms with Gasteiger partial charge in [-0.1, -0.05) is 30.3 Å². The van der Waals surface area contributed by atoms with Crippen molar-refractivity contribution in [1.82, 2.24) is 15.8 Å². The summed E-state index contributed by atoms with van der Waals surface area (Å²) in [6, 6.07) is 8.67. The Morgan fingerprint density at radius 3 is 2.74 bits per heavy atom. The number of urea groups is 1. The second kappa shape index (κ2) is 5.71. The van der Waals surface area contributed by atoms with Gasteiger partial charge in [0, 0.05) is 6.92 Å². The smallest absolute Gasteiger partial charge is 0.333 e. The molecule has 2 unspecified atom stereocenters. The van der Waals surface area contributed by atoms with Gasteiger partial charge < -0.3 is 10.4 Å². The molecule has 0 bridgehead atoms. The number of hydrogen-bond donors (Lipinski definition) is 3. The fourth-order valence-electron chi connectivity index (χ4n) is 2.04. The van der Waals surface area contributed by atoms with E-state index in [1.54, 1.807) is 0 Å². The predicted molar refractivity (Wildman–Crippen MR) is 69.0 cm³/mol. The van der Waals surface area contributed by atoms with E-state index >= 15 is 0 Å². The molecule has 3 amide bonds. The van der Waals surface area contributed by atoms with Gasteiger partial charge in [-0.2, -0.15) is 0 Å². The minimum atomic E-state index is -0.817. The maximum absolute atomic E-state index is 11.6. The number of nitrogens with one attached hydrogen (secondary N) is 2. The molecule has 0 radical (unpaired) electrons. The molecule has 1 fully saturated rings. The molecule has 1 saturated heterocycles.